The van der Waals surface area contributed by atoms with Crippen LogP contribution in [-0.4, -0.2) is 15.0 Å². The van der Waals surface area contributed by atoms with Gasteiger partial charge >= 0.3 is 0 Å². The number of hydrogen-bond acceptors (Lipinski definition) is 4. The van der Waals surface area contributed by atoms with E-state index < -0.39 is 5.41 Å². The molecule has 12 rings (SSSR count). The molecular formula is C58H37N3O. The fourth-order valence-corrected chi connectivity index (χ4v) is 9.71. The average molecular weight is 792 g/mol. The van der Waals surface area contributed by atoms with E-state index in [-0.39, 0.29) is 0 Å². The quantitative estimate of drug-likeness (QED) is 0.161. The van der Waals surface area contributed by atoms with Gasteiger partial charge in [-0.15, -0.1) is 0 Å². The van der Waals surface area contributed by atoms with Crippen molar-refractivity contribution in [1.82, 2.24) is 15.0 Å². The predicted molar refractivity (Wildman–Crippen MR) is 252 cm³/mol. The summed E-state index contributed by atoms with van der Waals surface area (Å²) in [5.41, 5.74) is 16.0. The summed E-state index contributed by atoms with van der Waals surface area (Å²) in [7, 11) is 0. The molecule has 2 heterocycles. The van der Waals surface area contributed by atoms with Gasteiger partial charge in [0, 0.05) is 27.5 Å². The van der Waals surface area contributed by atoms with Gasteiger partial charge in [-0.2, -0.15) is 0 Å². The van der Waals surface area contributed by atoms with Gasteiger partial charge in [0.2, 0.25) is 0 Å². The molecule has 0 saturated carbocycles. The van der Waals surface area contributed by atoms with E-state index in [0.717, 1.165) is 60.9 Å². The van der Waals surface area contributed by atoms with Crippen LogP contribution in [0.15, 0.2) is 229 Å². The molecule has 0 N–H and O–H groups in total. The highest BCUT2D eigenvalue weighted by Gasteiger charge is 2.46. The van der Waals surface area contributed by atoms with E-state index in [1.54, 1.807) is 0 Å². The molecule has 11 aromatic rings. The maximum Gasteiger partial charge on any atom is 0.164 e. The Kier molecular flexibility index (Phi) is 8.36. The third kappa shape index (κ3) is 5.65. The van der Waals surface area contributed by atoms with Gasteiger partial charge in [0.25, 0.3) is 0 Å². The van der Waals surface area contributed by atoms with E-state index in [9.17, 15) is 0 Å². The summed E-state index contributed by atoms with van der Waals surface area (Å²) in [6, 6.07) is 79.5. The van der Waals surface area contributed by atoms with Crippen LogP contribution in [0.3, 0.4) is 0 Å². The van der Waals surface area contributed by atoms with Crippen LogP contribution in [0.25, 0.3) is 89.5 Å². The first kappa shape index (κ1) is 35.7. The molecule has 290 valence electrons. The molecule has 0 amide bonds. The molecule has 62 heavy (non-hydrogen) atoms. The molecule has 4 heteroatoms. The number of fused-ring (bicyclic) bond motifs is 6. The molecule has 0 atom stereocenters. The van der Waals surface area contributed by atoms with Gasteiger partial charge in [0.1, 0.15) is 11.2 Å². The third-order valence-electron chi connectivity index (χ3n) is 12.4. The molecule has 0 radical (unpaired) electrons. The Morgan fingerprint density at radius 1 is 0.306 bits per heavy atom. The Labute approximate surface area is 359 Å². The largest absolute Gasteiger partial charge is 0.456 e. The molecule has 0 saturated heterocycles. The van der Waals surface area contributed by atoms with Crippen molar-refractivity contribution in [3.8, 4) is 67.5 Å². The highest BCUT2D eigenvalue weighted by molar-refractivity contribution is 6.13. The number of nitrogens with zero attached hydrogens (tertiary/aromatic N) is 3. The zero-order valence-corrected chi connectivity index (χ0v) is 33.6. The van der Waals surface area contributed by atoms with Crippen LogP contribution in [-0.2, 0) is 5.41 Å². The first-order valence-corrected chi connectivity index (χ1v) is 21.0. The van der Waals surface area contributed by atoms with Gasteiger partial charge in [0.05, 0.1) is 5.41 Å². The summed E-state index contributed by atoms with van der Waals surface area (Å²) < 4.78 is 6.57. The normalized spacial score (nSPS) is 12.6. The van der Waals surface area contributed by atoms with Crippen molar-refractivity contribution >= 4 is 21.9 Å². The van der Waals surface area contributed by atoms with Crippen LogP contribution in [0, 0.1) is 0 Å². The molecule has 1 aliphatic carbocycles. The minimum Gasteiger partial charge on any atom is -0.456 e. The number of aromatic nitrogens is 3. The zero-order chi connectivity index (χ0) is 41.0. The fraction of sp³-hybridized carbons (Fsp3) is 0.0172. The molecule has 0 aliphatic heterocycles. The molecule has 0 fully saturated rings. The number of furan rings is 1. The zero-order valence-electron chi connectivity index (χ0n) is 33.6. The predicted octanol–water partition coefficient (Wildman–Crippen LogP) is 14.5. The molecule has 0 spiro atoms. The minimum absolute atomic E-state index is 0.486. The molecule has 1 aliphatic rings. The smallest absolute Gasteiger partial charge is 0.164 e. The summed E-state index contributed by atoms with van der Waals surface area (Å²) in [5.74, 6) is 1.83. The van der Waals surface area contributed by atoms with Crippen molar-refractivity contribution in [1.29, 1.82) is 0 Å². The maximum atomic E-state index is 6.57. The second-order valence-electron chi connectivity index (χ2n) is 15.9. The topological polar surface area (TPSA) is 51.8 Å². The fourth-order valence-electron chi connectivity index (χ4n) is 9.71. The third-order valence-corrected chi connectivity index (χ3v) is 12.4. The van der Waals surface area contributed by atoms with E-state index in [0.29, 0.717) is 17.5 Å². The van der Waals surface area contributed by atoms with Crippen LogP contribution < -0.4 is 0 Å². The molecule has 4 nitrogen and oxygen atoms in total. The molecule has 9 aromatic carbocycles. The lowest BCUT2D eigenvalue weighted by atomic mass is 9.67. The minimum atomic E-state index is -0.486. The molecular weight excluding hydrogens is 755 g/mol. The van der Waals surface area contributed by atoms with Crippen LogP contribution in [0.5, 0.6) is 0 Å². The number of hydrogen-bond donors (Lipinski definition) is 0. The SMILES string of the molecule is c1ccc(-c2nc(-c3ccccc3)nc(-c3cccc4oc5ccc(-c6ccccc6-c6ccc7c(c6)C(c6ccccc6)(c6ccccc6)c6ccccc6-7)cc5c34)n2)cc1. The van der Waals surface area contributed by atoms with E-state index in [1.165, 1.54) is 33.4 Å². The Morgan fingerprint density at radius 2 is 0.790 bits per heavy atom. The maximum absolute atomic E-state index is 6.57. The highest BCUT2D eigenvalue weighted by Crippen LogP contribution is 2.57. The van der Waals surface area contributed by atoms with Crippen LogP contribution in [0.2, 0.25) is 0 Å². The Bertz CT molecular complexity index is 3350. The molecule has 0 bridgehead atoms. The van der Waals surface area contributed by atoms with Crippen molar-refractivity contribution in [3.05, 3.63) is 247 Å². The van der Waals surface area contributed by atoms with Gasteiger partial charge in [-0.1, -0.05) is 200 Å². The van der Waals surface area contributed by atoms with Crippen molar-refractivity contribution in [2.45, 2.75) is 5.41 Å². The van der Waals surface area contributed by atoms with Gasteiger partial charge in [-0.25, -0.2) is 15.0 Å². The summed E-state index contributed by atoms with van der Waals surface area (Å²) >= 11 is 0. The van der Waals surface area contributed by atoms with Crippen molar-refractivity contribution in [2.24, 2.45) is 0 Å². The second-order valence-corrected chi connectivity index (χ2v) is 15.9. The van der Waals surface area contributed by atoms with Gasteiger partial charge in [-0.3, -0.25) is 0 Å². The van der Waals surface area contributed by atoms with Gasteiger partial charge < -0.3 is 4.42 Å². The van der Waals surface area contributed by atoms with Gasteiger partial charge in [-0.05, 0) is 79.9 Å². The molecule has 0 unspecified atom stereocenters. The van der Waals surface area contributed by atoms with E-state index in [2.05, 4.69) is 152 Å². The Morgan fingerprint density at radius 3 is 1.42 bits per heavy atom. The van der Waals surface area contributed by atoms with Crippen LogP contribution in [0.4, 0.5) is 0 Å². The van der Waals surface area contributed by atoms with E-state index in [1.807, 2.05) is 72.8 Å². The summed E-state index contributed by atoms with van der Waals surface area (Å²) in [4.78, 5) is 15.2. The monoisotopic (exact) mass is 791 g/mol. The van der Waals surface area contributed by atoms with E-state index >= 15 is 0 Å². The lowest BCUT2D eigenvalue weighted by molar-refractivity contribution is 0.669. The van der Waals surface area contributed by atoms with Gasteiger partial charge in [0.15, 0.2) is 17.5 Å². The number of rotatable bonds is 7. The summed E-state index contributed by atoms with van der Waals surface area (Å²) in [5, 5.41) is 1.97. The average Bonchev–Trinajstić information content (AvgIpc) is 3.88. The number of benzene rings is 9. The van der Waals surface area contributed by atoms with Crippen LogP contribution in [0.1, 0.15) is 22.3 Å². The van der Waals surface area contributed by atoms with Crippen molar-refractivity contribution in [3.63, 3.8) is 0 Å². The summed E-state index contributed by atoms with van der Waals surface area (Å²) in [6.07, 6.45) is 0. The standard InChI is InChI=1S/C58H37N3O/c1-5-18-38(19-6-1)55-59-56(39-20-7-2-8-21-39)61-57(60-55)48-29-17-31-53-54(48)49-36-40(33-35-52(49)62-53)44-26-13-14-27-45(44)41-32-34-47-46-28-15-16-30-50(46)58(51(47)37-41,42-22-9-3-10-23-42)43-24-11-4-12-25-43/h1-37H. The highest BCUT2D eigenvalue weighted by atomic mass is 16.3. The first-order valence-electron chi connectivity index (χ1n) is 21.0. The van der Waals surface area contributed by atoms with Crippen molar-refractivity contribution in [2.75, 3.05) is 0 Å². The summed E-state index contributed by atoms with van der Waals surface area (Å²) in [6.45, 7) is 0. The van der Waals surface area contributed by atoms with Crippen molar-refractivity contribution < 1.29 is 4.42 Å². The molecule has 2 aromatic heterocycles. The second kappa shape index (κ2) is 14.5. The Balaban J connectivity index is 1.03. The van der Waals surface area contributed by atoms with Crippen LogP contribution >= 0.6 is 0 Å². The first-order chi connectivity index (χ1) is 30.7. The van der Waals surface area contributed by atoms with E-state index in [4.69, 9.17) is 19.4 Å². The lowest BCUT2D eigenvalue weighted by Crippen LogP contribution is -2.28. The lowest BCUT2D eigenvalue weighted by Gasteiger charge is -2.34. The Hall–Kier alpha value is -8.21.